The largest absolute Gasteiger partial charge is 0.387 e. The number of hydrogen-bond acceptors (Lipinski definition) is 7. The molecule has 2 aromatic rings. The van der Waals surface area contributed by atoms with Gasteiger partial charge in [0.05, 0.1) is 34.0 Å². The third-order valence-corrected chi connectivity index (χ3v) is 4.80. The van der Waals surface area contributed by atoms with Gasteiger partial charge < -0.3 is 21.1 Å². The van der Waals surface area contributed by atoms with E-state index < -0.39 is 17.7 Å². The van der Waals surface area contributed by atoms with E-state index in [0.29, 0.717) is 22.9 Å². The Balaban J connectivity index is 1.78. The number of nitrogens with zero attached hydrogens (tertiary/aromatic N) is 3. The van der Waals surface area contributed by atoms with Crippen LogP contribution in [0, 0.1) is 11.3 Å². The van der Waals surface area contributed by atoms with Crippen molar-refractivity contribution in [3.05, 3.63) is 40.7 Å². The quantitative estimate of drug-likeness (QED) is 0.505. The van der Waals surface area contributed by atoms with Crippen LogP contribution < -0.4 is 16.0 Å². The van der Waals surface area contributed by atoms with Crippen LogP contribution in [0.3, 0.4) is 0 Å². The lowest BCUT2D eigenvalue weighted by atomic mass is 10.0. The number of alkyl halides is 1. The molecule has 0 bridgehead atoms. The van der Waals surface area contributed by atoms with Gasteiger partial charge >= 0.3 is 0 Å². The monoisotopic (exact) mass is 432 g/mol. The Morgan fingerprint density at radius 1 is 1.40 bits per heavy atom. The summed E-state index contributed by atoms with van der Waals surface area (Å²) < 4.78 is 14.0. The number of hydrogen-bond donors (Lipinski definition) is 4. The summed E-state index contributed by atoms with van der Waals surface area (Å²) >= 11 is 6.14. The highest BCUT2D eigenvalue weighted by Gasteiger charge is 2.28. The fraction of sp³-hybridized carbons (Fsp3) is 0.400. The van der Waals surface area contributed by atoms with Gasteiger partial charge in [-0.3, -0.25) is 4.79 Å². The minimum atomic E-state index is -1.61. The standard InChI is InChI=1S/C20H22ClFN6O2/c1-20(2,30)16(22)10-26-19(29)13-9-24-17(6-15(13)27-12-3-4-12)28-18-14(21)5-11(7-23)8-25-18/h5-6,8-9,12,16,30H,3-4,10H2,1-2H3,(H,26,29)(H2,24,25,27,28). The molecule has 8 nitrogen and oxygen atoms in total. The Labute approximate surface area is 178 Å². The number of pyridine rings is 2. The van der Waals surface area contributed by atoms with Crippen molar-refractivity contribution in [1.29, 1.82) is 5.26 Å². The van der Waals surface area contributed by atoms with Gasteiger partial charge in [-0.15, -0.1) is 0 Å². The van der Waals surface area contributed by atoms with Gasteiger partial charge in [0.2, 0.25) is 0 Å². The molecular formula is C20H22ClFN6O2. The van der Waals surface area contributed by atoms with Gasteiger partial charge in [0.25, 0.3) is 5.91 Å². The molecule has 2 aromatic heterocycles. The van der Waals surface area contributed by atoms with Crippen LogP contribution >= 0.6 is 11.6 Å². The molecular weight excluding hydrogens is 411 g/mol. The van der Waals surface area contributed by atoms with E-state index in [2.05, 4.69) is 25.9 Å². The molecule has 1 aliphatic rings. The van der Waals surface area contributed by atoms with Gasteiger partial charge in [-0.25, -0.2) is 14.4 Å². The molecule has 0 spiro atoms. The molecule has 1 saturated carbocycles. The smallest absolute Gasteiger partial charge is 0.255 e. The Bertz CT molecular complexity index is 984. The number of nitriles is 1. The molecule has 0 aromatic carbocycles. The maximum Gasteiger partial charge on any atom is 0.255 e. The molecule has 4 N–H and O–H groups in total. The third-order valence-electron chi connectivity index (χ3n) is 4.51. The second-order valence-electron chi connectivity index (χ2n) is 7.66. The minimum absolute atomic E-state index is 0.258. The number of amides is 1. The van der Waals surface area contributed by atoms with Crippen LogP contribution in [0.15, 0.2) is 24.5 Å². The normalized spacial score (nSPS) is 14.5. The maximum atomic E-state index is 14.0. The Hall–Kier alpha value is -2.96. The van der Waals surface area contributed by atoms with E-state index in [1.165, 1.54) is 32.3 Å². The van der Waals surface area contributed by atoms with Crippen LogP contribution in [-0.2, 0) is 0 Å². The van der Waals surface area contributed by atoms with Crippen molar-refractivity contribution in [3.8, 4) is 6.07 Å². The van der Waals surface area contributed by atoms with Crippen LogP contribution in [0.1, 0.15) is 42.6 Å². The summed E-state index contributed by atoms with van der Waals surface area (Å²) in [5, 5.41) is 27.6. The van der Waals surface area contributed by atoms with Crippen LogP contribution in [0.5, 0.6) is 0 Å². The number of nitrogens with one attached hydrogen (secondary N) is 3. The molecule has 0 saturated heterocycles. The lowest BCUT2D eigenvalue weighted by Gasteiger charge is -2.22. The van der Waals surface area contributed by atoms with Gasteiger partial charge in [-0.1, -0.05) is 11.6 Å². The Morgan fingerprint density at radius 2 is 2.13 bits per heavy atom. The van der Waals surface area contributed by atoms with Crippen molar-refractivity contribution in [3.63, 3.8) is 0 Å². The summed E-state index contributed by atoms with van der Waals surface area (Å²) in [6, 6.07) is 5.35. The topological polar surface area (TPSA) is 123 Å². The summed E-state index contributed by atoms with van der Waals surface area (Å²) in [5.41, 5.74) is -0.425. The van der Waals surface area contributed by atoms with Crippen molar-refractivity contribution < 1.29 is 14.3 Å². The zero-order valence-corrected chi connectivity index (χ0v) is 17.3. The summed E-state index contributed by atoms with van der Waals surface area (Å²) in [5.74, 6) is 0.218. The molecule has 30 heavy (non-hydrogen) atoms. The van der Waals surface area contributed by atoms with E-state index >= 15 is 0 Å². The number of carbonyl (C=O) groups is 1. The van der Waals surface area contributed by atoms with Crippen molar-refractivity contribution >= 4 is 34.8 Å². The highest BCUT2D eigenvalue weighted by molar-refractivity contribution is 6.33. The van der Waals surface area contributed by atoms with E-state index in [1.807, 2.05) is 6.07 Å². The SMILES string of the molecule is CC(C)(O)C(F)CNC(=O)c1cnc(Nc2ncc(C#N)cc2Cl)cc1NC1CC1. The molecule has 0 radical (unpaired) electrons. The Kier molecular flexibility index (Phi) is 6.39. The van der Waals surface area contributed by atoms with Gasteiger partial charge in [0, 0.05) is 24.5 Å². The maximum absolute atomic E-state index is 14.0. The number of halogens is 2. The number of rotatable bonds is 8. The number of aromatic nitrogens is 2. The van der Waals surface area contributed by atoms with Gasteiger partial charge in [-0.2, -0.15) is 5.26 Å². The first-order chi connectivity index (χ1) is 14.2. The van der Waals surface area contributed by atoms with Crippen LogP contribution in [0.25, 0.3) is 0 Å². The zero-order chi connectivity index (χ0) is 21.9. The molecule has 0 aliphatic heterocycles. The number of anilines is 3. The first kappa shape index (κ1) is 21.7. The molecule has 10 heteroatoms. The van der Waals surface area contributed by atoms with Crippen molar-refractivity contribution in [2.75, 3.05) is 17.2 Å². The first-order valence-electron chi connectivity index (χ1n) is 9.41. The molecule has 3 rings (SSSR count). The van der Waals surface area contributed by atoms with Crippen LogP contribution in [0.4, 0.5) is 21.7 Å². The molecule has 1 aliphatic carbocycles. The molecule has 1 unspecified atom stereocenters. The lowest BCUT2D eigenvalue weighted by molar-refractivity contribution is -0.00177. The van der Waals surface area contributed by atoms with E-state index in [9.17, 15) is 14.3 Å². The molecule has 1 fully saturated rings. The molecule has 2 heterocycles. The highest BCUT2D eigenvalue weighted by Crippen LogP contribution is 2.30. The highest BCUT2D eigenvalue weighted by atomic mass is 35.5. The van der Waals surface area contributed by atoms with Crippen molar-refractivity contribution in [1.82, 2.24) is 15.3 Å². The van der Waals surface area contributed by atoms with Crippen molar-refractivity contribution in [2.24, 2.45) is 0 Å². The van der Waals surface area contributed by atoms with Crippen molar-refractivity contribution in [2.45, 2.75) is 44.5 Å². The minimum Gasteiger partial charge on any atom is -0.387 e. The van der Waals surface area contributed by atoms with E-state index in [4.69, 9.17) is 16.9 Å². The average molecular weight is 433 g/mol. The molecule has 1 amide bonds. The van der Waals surface area contributed by atoms with E-state index in [0.717, 1.165) is 12.8 Å². The third kappa shape index (κ3) is 5.55. The average Bonchev–Trinajstić information content (AvgIpc) is 3.50. The summed E-state index contributed by atoms with van der Waals surface area (Å²) in [6.45, 7) is 2.36. The second-order valence-corrected chi connectivity index (χ2v) is 8.06. The van der Waals surface area contributed by atoms with Crippen LogP contribution in [-0.4, -0.2) is 45.3 Å². The first-order valence-corrected chi connectivity index (χ1v) is 9.79. The molecule has 1 atom stereocenters. The fourth-order valence-electron chi connectivity index (χ4n) is 2.51. The van der Waals surface area contributed by atoms with Crippen LogP contribution in [0.2, 0.25) is 5.02 Å². The lowest BCUT2D eigenvalue weighted by Crippen LogP contribution is -2.42. The van der Waals surface area contributed by atoms with E-state index in [1.54, 1.807) is 6.07 Å². The second kappa shape index (κ2) is 8.81. The summed E-state index contributed by atoms with van der Waals surface area (Å²) in [6.07, 6.45) is 3.12. The Morgan fingerprint density at radius 3 is 2.73 bits per heavy atom. The van der Waals surface area contributed by atoms with Gasteiger partial charge in [-0.05, 0) is 32.8 Å². The summed E-state index contributed by atoms with van der Waals surface area (Å²) in [4.78, 5) is 20.9. The summed E-state index contributed by atoms with van der Waals surface area (Å²) in [7, 11) is 0. The molecule has 158 valence electrons. The fourth-order valence-corrected chi connectivity index (χ4v) is 2.72. The zero-order valence-electron chi connectivity index (χ0n) is 16.5. The van der Waals surface area contributed by atoms with Gasteiger partial charge in [0.15, 0.2) is 0 Å². The number of carbonyl (C=O) groups excluding carboxylic acids is 1. The number of aliphatic hydroxyl groups is 1. The van der Waals surface area contributed by atoms with Gasteiger partial charge in [0.1, 0.15) is 23.9 Å². The predicted molar refractivity (Wildman–Crippen MR) is 112 cm³/mol. The predicted octanol–water partition coefficient (Wildman–Crippen LogP) is 3.16. The van der Waals surface area contributed by atoms with E-state index in [-0.39, 0.29) is 23.2 Å².